The van der Waals surface area contributed by atoms with Crippen molar-refractivity contribution in [2.45, 2.75) is 6.54 Å². The number of amides is 1. The van der Waals surface area contributed by atoms with Crippen molar-refractivity contribution >= 4 is 17.4 Å². The molecule has 0 aliphatic carbocycles. The van der Waals surface area contributed by atoms with Gasteiger partial charge in [-0.2, -0.15) is 5.26 Å². The number of carbonyl (C=O) groups is 1. The van der Waals surface area contributed by atoms with E-state index in [9.17, 15) is 9.18 Å². The normalized spacial score (nSPS) is 10.0. The lowest BCUT2D eigenvalue weighted by molar-refractivity contribution is 0.102. The third kappa shape index (κ3) is 4.39. The second-order valence-corrected chi connectivity index (χ2v) is 5.43. The summed E-state index contributed by atoms with van der Waals surface area (Å²) in [6, 6.07) is 17.8. The molecule has 0 atom stereocenters. The first-order valence-corrected chi connectivity index (χ1v) is 7.77. The highest BCUT2D eigenvalue weighted by Gasteiger charge is 2.09. The SMILES string of the molecule is N#Cc1ccc(NC(=O)c2ccc(NCc3ccc(F)cc3)nn2)cc1. The van der Waals surface area contributed by atoms with Gasteiger partial charge in [-0.15, -0.1) is 10.2 Å². The number of nitrogens with zero attached hydrogens (tertiary/aromatic N) is 3. The minimum absolute atomic E-state index is 0.168. The zero-order chi connectivity index (χ0) is 18.4. The minimum atomic E-state index is -0.396. The van der Waals surface area contributed by atoms with Gasteiger partial charge >= 0.3 is 0 Å². The average Bonchev–Trinajstić information content (AvgIpc) is 2.68. The average molecular weight is 347 g/mol. The van der Waals surface area contributed by atoms with E-state index in [4.69, 9.17) is 5.26 Å². The van der Waals surface area contributed by atoms with Crippen LogP contribution in [0, 0.1) is 17.1 Å². The Balaban J connectivity index is 1.58. The molecule has 3 aromatic rings. The first kappa shape index (κ1) is 17.0. The highest BCUT2D eigenvalue weighted by Crippen LogP contribution is 2.11. The molecule has 0 aliphatic rings. The number of anilines is 2. The third-order valence-corrected chi connectivity index (χ3v) is 3.56. The van der Waals surface area contributed by atoms with Gasteiger partial charge in [-0.05, 0) is 54.1 Å². The van der Waals surface area contributed by atoms with Gasteiger partial charge in [0.2, 0.25) is 0 Å². The van der Waals surface area contributed by atoms with Crippen molar-refractivity contribution in [2.75, 3.05) is 10.6 Å². The Morgan fingerprint density at radius 1 is 1.00 bits per heavy atom. The standard InChI is InChI=1S/C19H14FN5O/c20-15-5-1-14(2-6-15)12-22-18-10-9-17(24-25-18)19(26)23-16-7-3-13(11-21)4-8-16/h1-10H,12H2,(H,22,25)(H,23,26). The molecule has 0 radical (unpaired) electrons. The number of nitrogens with one attached hydrogen (secondary N) is 2. The Hall–Kier alpha value is -3.79. The fourth-order valence-corrected chi connectivity index (χ4v) is 2.17. The molecule has 0 aliphatic heterocycles. The van der Waals surface area contributed by atoms with Crippen LogP contribution in [0.15, 0.2) is 60.7 Å². The molecule has 1 aromatic heterocycles. The molecule has 3 rings (SSSR count). The van der Waals surface area contributed by atoms with Crippen LogP contribution in [0.4, 0.5) is 15.9 Å². The fraction of sp³-hybridized carbons (Fsp3) is 0.0526. The summed E-state index contributed by atoms with van der Waals surface area (Å²) in [4.78, 5) is 12.2. The number of halogens is 1. The molecule has 7 heteroatoms. The van der Waals surface area contributed by atoms with E-state index in [0.717, 1.165) is 5.56 Å². The summed E-state index contributed by atoms with van der Waals surface area (Å²) in [6.45, 7) is 0.464. The first-order chi connectivity index (χ1) is 12.6. The zero-order valence-corrected chi connectivity index (χ0v) is 13.6. The summed E-state index contributed by atoms with van der Waals surface area (Å²) < 4.78 is 12.9. The Labute approximate surface area is 149 Å². The van der Waals surface area contributed by atoms with Crippen LogP contribution in [0.1, 0.15) is 21.6 Å². The molecule has 0 bridgehead atoms. The maximum Gasteiger partial charge on any atom is 0.276 e. The van der Waals surface area contributed by atoms with Crippen LogP contribution < -0.4 is 10.6 Å². The fourth-order valence-electron chi connectivity index (χ4n) is 2.17. The summed E-state index contributed by atoms with van der Waals surface area (Å²) in [5.41, 5.74) is 2.14. The molecule has 0 unspecified atom stereocenters. The van der Waals surface area contributed by atoms with E-state index in [0.29, 0.717) is 23.6 Å². The highest BCUT2D eigenvalue weighted by molar-refractivity contribution is 6.02. The van der Waals surface area contributed by atoms with E-state index in [1.807, 2.05) is 6.07 Å². The molecule has 2 aromatic carbocycles. The Bertz CT molecular complexity index is 932. The zero-order valence-electron chi connectivity index (χ0n) is 13.6. The van der Waals surface area contributed by atoms with Crippen molar-refractivity contribution in [3.8, 4) is 6.07 Å². The van der Waals surface area contributed by atoms with Gasteiger partial charge in [-0.3, -0.25) is 4.79 Å². The molecule has 1 amide bonds. The summed E-state index contributed by atoms with van der Waals surface area (Å²) in [7, 11) is 0. The largest absolute Gasteiger partial charge is 0.365 e. The van der Waals surface area contributed by atoms with E-state index in [-0.39, 0.29) is 11.5 Å². The monoisotopic (exact) mass is 347 g/mol. The first-order valence-electron chi connectivity index (χ1n) is 7.77. The van der Waals surface area contributed by atoms with E-state index >= 15 is 0 Å². The smallest absolute Gasteiger partial charge is 0.276 e. The summed E-state index contributed by atoms with van der Waals surface area (Å²) in [5, 5.41) is 22.4. The summed E-state index contributed by atoms with van der Waals surface area (Å²) in [5.74, 6) is -0.178. The van der Waals surface area contributed by atoms with Crippen LogP contribution in [0.5, 0.6) is 0 Å². The Morgan fingerprint density at radius 3 is 2.35 bits per heavy atom. The molecular weight excluding hydrogens is 333 g/mol. The second kappa shape index (κ2) is 7.85. The summed E-state index contributed by atoms with van der Waals surface area (Å²) >= 11 is 0. The van der Waals surface area contributed by atoms with Crippen molar-refractivity contribution in [1.29, 1.82) is 5.26 Å². The molecule has 0 spiro atoms. The van der Waals surface area contributed by atoms with E-state index < -0.39 is 5.91 Å². The molecule has 6 nitrogen and oxygen atoms in total. The van der Waals surface area contributed by atoms with Crippen LogP contribution in [0.25, 0.3) is 0 Å². The van der Waals surface area contributed by atoms with E-state index in [1.165, 1.54) is 12.1 Å². The number of rotatable bonds is 5. The number of benzene rings is 2. The predicted octanol–water partition coefficient (Wildman–Crippen LogP) is 3.35. The van der Waals surface area contributed by atoms with Crippen molar-refractivity contribution < 1.29 is 9.18 Å². The number of aromatic nitrogens is 2. The van der Waals surface area contributed by atoms with Crippen LogP contribution in [0.2, 0.25) is 0 Å². The molecule has 26 heavy (non-hydrogen) atoms. The predicted molar refractivity (Wildman–Crippen MR) is 94.9 cm³/mol. The lowest BCUT2D eigenvalue weighted by atomic mass is 10.2. The third-order valence-electron chi connectivity index (χ3n) is 3.56. The number of carbonyl (C=O) groups excluding carboxylic acids is 1. The Morgan fingerprint density at radius 2 is 1.73 bits per heavy atom. The number of nitriles is 1. The van der Waals surface area contributed by atoms with Gasteiger partial charge in [0, 0.05) is 12.2 Å². The van der Waals surface area contributed by atoms with Gasteiger partial charge in [-0.25, -0.2) is 4.39 Å². The maximum absolute atomic E-state index is 12.9. The van der Waals surface area contributed by atoms with Crippen LogP contribution in [-0.2, 0) is 6.54 Å². The lowest BCUT2D eigenvalue weighted by Gasteiger charge is -2.07. The van der Waals surface area contributed by atoms with Crippen molar-refractivity contribution in [1.82, 2.24) is 10.2 Å². The molecule has 1 heterocycles. The van der Waals surface area contributed by atoms with Crippen molar-refractivity contribution in [3.63, 3.8) is 0 Å². The van der Waals surface area contributed by atoms with Crippen LogP contribution in [-0.4, -0.2) is 16.1 Å². The molecular formula is C19H14FN5O. The van der Waals surface area contributed by atoms with Gasteiger partial charge in [0.25, 0.3) is 5.91 Å². The van der Waals surface area contributed by atoms with Gasteiger partial charge in [0.05, 0.1) is 11.6 Å². The van der Waals surface area contributed by atoms with Gasteiger partial charge in [0.1, 0.15) is 11.6 Å². The Kier molecular flexibility index (Phi) is 5.15. The number of hydrogen-bond donors (Lipinski definition) is 2. The topological polar surface area (TPSA) is 90.7 Å². The highest BCUT2D eigenvalue weighted by atomic mass is 19.1. The van der Waals surface area contributed by atoms with Gasteiger partial charge < -0.3 is 10.6 Å². The van der Waals surface area contributed by atoms with Gasteiger partial charge in [0.15, 0.2) is 5.69 Å². The molecule has 128 valence electrons. The van der Waals surface area contributed by atoms with Crippen LogP contribution in [0.3, 0.4) is 0 Å². The minimum Gasteiger partial charge on any atom is -0.365 e. The van der Waals surface area contributed by atoms with Crippen molar-refractivity contribution in [2.24, 2.45) is 0 Å². The van der Waals surface area contributed by atoms with E-state index in [2.05, 4.69) is 20.8 Å². The van der Waals surface area contributed by atoms with E-state index in [1.54, 1.807) is 48.5 Å². The molecule has 0 saturated heterocycles. The summed E-state index contributed by atoms with van der Waals surface area (Å²) in [6.07, 6.45) is 0. The second-order valence-electron chi connectivity index (χ2n) is 5.43. The quantitative estimate of drug-likeness (QED) is 0.738. The molecule has 0 saturated carbocycles. The lowest BCUT2D eigenvalue weighted by Crippen LogP contribution is -2.14. The maximum atomic E-state index is 12.9. The molecule has 2 N–H and O–H groups in total. The molecule has 0 fully saturated rings. The van der Waals surface area contributed by atoms with Crippen LogP contribution >= 0.6 is 0 Å². The van der Waals surface area contributed by atoms with Crippen molar-refractivity contribution in [3.05, 3.63) is 83.3 Å². The number of hydrogen-bond acceptors (Lipinski definition) is 5. The van der Waals surface area contributed by atoms with Gasteiger partial charge in [-0.1, -0.05) is 12.1 Å².